The Hall–Kier alpha value is 1.06. The number of ether oxygens (including phenoxy) is 1. The molecule has 0 N–H and O–H groups in total. The first kappa shape index (κ1) is 10.1. The van der Waals surface area contributed by atoms with Gasteiger partial charge in [0.2, 0.25) is 0 Å². The maximum atomic E-state index is 5.38. The number of hydrogen-bond acceptors (Lipinski definition) is 1. The molecule has 1 aliphatic heterocycles. The fraction of sp³-hybridized carbons (Fsp3) is 0.857. The van der Waals surface area contributed by atoms with E-state index in [1.807, 2.05) is 0 Å². The van der Waals surface area contributed by atoms with Crippen LogP contribution in [0.2, 0.25) is 0 Å². The van der Waals surface area contributed by atoms with E-state index in [0.717, 1.165) is 6.61 Å². The van der Waals surface area contributed by atoms with Crippen molar-refractivity contribution in [2.75, 3.05) is 6.61 Å². The van der Waals surface area contributed by atoms with Crippen molar-refractivity contribution in [2.45, 2.75) is 32.8 Å². The minimum Gasteiger partial charge on any atom is -0.410 e. The van der Waals surface area contributed by atoms with Crippen LogP contribution in [0.5, 0.6) is 0 Å². The third-order valence-corrected chi connectivity index (χ3v) is 1.57. The molecule has 0 aromatic carbocycles. The van der Waals surface area contributed by atoms with E-state index in [1.165, 1.54) is 18.8 Å². The standard InChI is InChI=1S/C7H13O.Y/c1-6(2)7-4-3-5-8-7;/h7H,3-5H2,1-2H3;/q-1;+3. The Labute approximate surface area is 82.4 Å². The van der Waals surface area contributed by atoms with Gasteiger partial charge in [0, 0.05) is 6.61 Å². The molecule has 1 fully saturated rings. The topological polar surface area (TPSA) is 9.23 Å². The smallest absolute Gasteiger partial charge is 0.410 e. The predicted molar refractivity (Wildman–Crippen MR) is 33.6 cm³/mol. The molecular formula is C7H13OY+2. The first-order valence-corrected chi connectivity index (χ1v) is 3.22. The molecule has 1 unspecified atom stereocenters. The van der Waals surface area contributed by atoms with Crippen LogP contribution >= 0.6 is 0 Å². The summed E-state index contributed by atoms with van der Waals surface area (Å²) < 4.78 is 5.38. The summed E-state index contributed by atoms with van der Waals surface area (Å²) in [6.07, 6.45) is 2.97. The SMILES string of the molecule is C[C-](C)C1CCCO1.[Y+3]. The van der Waals surface area contributed by atoms with Gasteiger partial charge in [0.15, 0.2) is 0 Å². The van der Waals surface area contributed by atoms with Crippen molar-refractivity contribution in [3.63, 3.8) is 0 Å². The zero-order chi connectivity index (χ0) is 5.98. The maximum absolute atomic E-state index is 5.38. The molecule has 0 radical (unpaired) electrons. The van der Waals surface area contributed by atoms with Crippen LogP contribution in [0.1, 0.15) is 26.7 Å². The van der Waals surface area contributed by atoms with Gasteiger partial charge in [-0.1, -0.05) is 12.5 Å². The van der Waals surface area contributed by atoms with Crippen LogP contribution in [0.25, 0.3) is 0 Å². The van der Waals surface area contributed by atoms with Crippen LogP contribution in [-0.4, -0.2) is 12.7 Å². The van der Waals surface area contributed by atoms with Crippen molar-refractivity contribution in [1.82, 2.24) is 0 Å². The summed E-state index contributed by atoms with van der Waals surface area (Å²) in [6.45, 7) is 5.24. The Balaban J connectivity index is 0.000000640. The molecule has 2 heteroatoms. The van der Waals surface area contributed by atoms with Crippen LogP contribution in [0.3, 0.4) is 0 Å². The van der Waals surface area contributed by atoms with E-state index < -0.39 is 0 Å². The fourth-order valence-corrected chi connectivity index (χ4v) is 1.03. The Morgan fingerprint density at radius 1 is 1.44 bits per heavy atom. The quantitative estimate of drug-likeness (QED) is 0.589. The molecule has 0 saturated carbocycles. The van der Waals surface area contributed by atoms with Crippen molar-refractivity contribution >= 4 is 0 Å². The van der Waals surface area contributed by atoms with Gasteiger partial charge < -0.3 is 4.74 Å². The van der Waals surface area contributed by atoms with Crippen molar-refractivity contribution in [3.8, 4) is 0 Å². The van der Waals surface area contributed by atoms with Gasteiger partial charge >= 0.3 is 32.7 Å². The third kappa shape index (κ3) is 3.11. The predicted octanol–water partition coefficient (Wildman–Crippen LogP) is 1.78. The molecular weight excluding hydrogens is 189 g/mol. The minimum absolute atomic E-state index is 0. The average Bonchev–Trinajstić information content (AvgIpc) is 2.12. The Bertz CT molecular complexity index is 67.3. The van der Waals surface area contributed by atoms with E-state index in [-0.39, 0.29) is 32.7 Å². The van der Waals surface area contributed by atoms with E-state index in [1.54, 1.807) is 0 Å². The molecule has 1 nitrogen and oxygen atoms in total. The fourth-order valence-electron chi connectivity index (χ4n) is 1.03. The monoisotopic (exact) mass is 202 g/mol. The van der Waals surface area contributed by atoms with Gasteiger partial charge in [0.05, 0.1) is 0 Å². The zero-order valence-electron chi connectivity index (χ0n) is 6.18. The molecule has 0 aromatic rings. The molecule has 0 amide bonds. The van der Waals surface area contributed by atoms with Crippen LogP contribution in [0.15, 0.2) is 0 Å². The number of rotatable bonds is 1. The van der Waals surface area contributed by atoms with Crippen molar-refractivity contribution < 1.29 is 37.4 Å². The molecule has 0 bridgehead atoms. The molecule has 0 aromatic heterocycles. The van der Waals surface area contributed by atoms with Gasteiger partial charge in [-0.15, -0.1) is 0 Å². The van der Waals surface area contributed by atoms with Gasteiger partial charge in [-0.2, -0.15) is 13.8 Å². The molecule has 1 aliphatic rings. The van der Waals surface area contributed by atoms with Crippen LogP contribution in [0.4, 0.5) is 0 Å². The van der Waals surface area contributed by atoms with Crippen LogP contribution < -0.4 is 0 Å². The Morgan fingerprint density at radius 2 is 2.11 bits per heavy atom. The molecule has 0 aliphatic carbocycles. The summed E-state index contributed by atoms with van der Waals surface area (Å²) >= 11 is 0. The maximum Gasteiger partial charge on any atom is 3.00 e. The molecule has 1 saturated heterocycles. The summed E-state index contributed by atoms with van der Waals surface area (Å²) in [6, 6.07) is 0. The van der Waals surface area contributed by atoms with E-state index >= 15 is 0 Å². The minimum atomic E-state index is 0. The molecule has 1 heterocycles. The van der Waals surface area contributed by atoms with Gasteiger partial charge in [0.1, 0.15) is 0 Å². The molecule has 1 rings (SSSR count). The Kier molecular flexibility index (Phi) is 5.38. The normalized spacial score (nSPS) is 26.3. The van der Waals surface area contributed by atoms with Crippen molar-refractivity contribution in [3.05, 3.63) is 5.92 Å². The van der Waals surface area contributed by atoms with Crippen LogP contribution in [0, 0.1) is 5.92 Å². The van der Waals surface area contributed by atoms with Crippen LogP contribution in [-0.2, 0) is 37.4 Å². The summed E-state index contributed by atoms with van der Waals surface area (Å²) in [7, 11) is 0. The molecule has 1 atom stereocenters. The van der Waals surface area contributed by atoms with Crippen molar-refractivity contribution in [2.24, 2.45) is 0 Å². The summed E-state index contributed by atoms with van der Waals surface area (Å²) in [5.41, 5.74) is 0. The van der Waals surface area contributed by atoms with Gasteiger partial charge in [-0.25, -0.2) is 0 Å². The summed E-state index contributed by atoms with van der Waals surface area (Å²) in [5, 5.41) is 0. The van der Waals surface area contributed by atoms with Crippen molar-refractivity contribution in [1.29, 1.82) is 0 Å². The second-order valence-electron chi connectivity index (χ2n) is 2.58. The van der Waals surface area contributed by atoms with Gasteiger partial charge in [-0.3, -0.25) is 5.92 Å². The zero-order valence-corrected chi connectivity index (χ0v) is 9.02. The van der Waals surface area contributed by atoms with E-state index in [2.05, 4.69) is 13.8 Å². The van der Waals surface area contributed by atoms with E-state index in [9.17, 15) is 0 Å². The largest absolute Gasteiger partial charge is 3.00 e. The van der Waals surface area contributed by atoms with E-state index in [4.69, 9.17) is 4.74 Å². The second-order valence-corrected chi connectivity index (χ2v) is 2.58. The average molecular weight is 202 g/mol. The van der Waals surface area contributed by atoms with Gasteiger partial charge in [0.25, 0.3) is 0 Å². The summed E-state index contributed by atoms with van der Waals surface area (Å²) in [5.74, 6) is 1.42. The molecule has 0 spiro atoms. The van der Waals surface area contributed by atoms with E-state index in [0.29, 0.717) is 6.10 Å². The first-order chi connectivity index (χ1) is 3.80. The third-order valence-electron chi connectivity index (χ3n) is 1.57. The second kappa shape index (κ2) is 4.81. The first-order valence-electron chi connectivity index (χ1n) is 3.22. The Morgan fingerprint density at radius 3 is 2.33 bits per heavy atom. The summed E-state index contributed by atoms with van der Waals surface area (Å²) in [4.78, 5) is 0. The van der Waals surface area contributed by atoms with Gasteiger partial charge in [-0.05, 0) is 6.42 Å². The number of hydrogen-bond donors (Lipinski definition) is 0. The molecule has 9 heavy (non-hydrogen) atoms. The molecule has 48 valence electrons.